The van der Waals surface area contributed by atoms with Crippen LogP contribution in [-0.4, -0.2) is 33.5 Å². The van der Waals surface area contributed by atoms with Gasteiger partial charge in [-0.15, -0.1) is 0 Å². The molecule has 2 aromatic carbocycles. The molecule has 3 aromatic rings. The molecule has 5 rings (SSSR count). The van der Waals surface area contributed by atoms with Gasteiger partial charge in [0.05, 0.1) is 5.56 Å². The maximum atomic E-state index is 13.1. The summed E-state index contributed by atoms with van der Waals surface area (Å²) in [6, 6.07) is 20.3. The monoisotopic (exact) mass is 387 g/mol. The number of nitrogens with zero attached hydrogens (tertiary/aromatic N) is 2. The predicted octanol–water partition coefficient (Wildman–Crippen LogP) is 4.49. The van der Waals surface area contributed by atoms with Crippen LogP contribution >= 0.6 is 0 Å². The fourth-order valence-corrected chi connectivity index (χ4v) is 5.43. The summed E-state index contributed by atoms with van der Waals surface area (Å²) >= 11 is 0. The molecule has 1 unspecified atom stereocenters. The number of carbonyl (C=O) groups excluding carboxylic acids is 1. The van der Waals surface area contributed by atoms with Crippen LogP contribution in [0.25, 0.3) is 10.9 Å². The maximum absolute atomic E-state index is 13.1. The van der Waals surface area contributed by atoms with Crippen LogP contribution in [0.4, 0.5) is 0 Å². The minimum atomic E-state index is 0.0707. The highest BCUT2D eigenvalue weighted by Gasteiger charge is 2.38. The van der Waals surface area contributed by atoms with Gasteiger partial charge < -0.3 is 9.88 Å². The van der Waals surface area contributed by atoms with E-state index in [0.717, 1.165) is 35.9 Å². The number of rotatable bonds is 4. The highest BCUT2D eigenvalue weighted by molar-refractivity contribution is 6.07. The summed E-state index contributed by atoms with van der Waals surface area (Å²) in [4.78, 5) is 15.8. The number of amides is 1. The summed E-state index contributed by atoms with van der Waals surface area (Å²) in [6.45, 7) is 1.03. The fraction of sp³-hybridized carbons (Fsp3) is 0.400. The lowest BCUT2D eigenvalue weighted by Crippen LogP contribution is -2.56. The zero-order valence-corrected chi connectivity index (χ0v) is 17.1. The van der Waals surface area contributed by atoms with E-state index in [1.165, 1.54) is 24.8 Å². The van der Waals surface area contributed by atoms with Crippen LogP contribution in [0.15, 0.2) is 60.8 Å². The molecule has 1 amide bonds. The maximum Gasteiger partial charge on any atom is 0.253 e. The van der Waals surface area contributed by atoms with Crippen molar-refractivity contribution in [2.24, 2.45) is 7.05 Å². The van der Waals surface area contributed by atoms with E-state index in [4.69, 9.17) is 0 Å². The number of para-hydroxylation sites is 1. The minimum absolute atomic E-state index is 0.0707. The first-order chi connectivity index (χ1) is 14.2. The number of carbonyl (C=O) groups is 1. The molecule has 4 heteroatoms. The van der Waals surface area contributed by atoms with E-state index in [2.05, 4.69) is 46.6 Å². The van der Waals surface area contributed by atoms with E-state index in [1.54, 1.807) is 0 Å². The highest BCUT2D eigenvalue weighted by atomic mass is 16.1. The Morgan fingerprint density at radius 3 is 2.45 bits per heavy atom. The number of hydrogen-bond donors (Lipinski definition) is 1. The Morgan fingerprint density at radius 1 is 1.00 bits per heavy atom. The van der Waals surface area contributed by atoms with E-state index in [1.807, 2.05) is 36.0 Å². The number of hydrogen-bond acceptors (Lipinski definition) is 2. The van der Waals surface area contributed by atoms with Crippen LogP contribution < -0.4 is 5.32 Å². The molecule has 2 bridgehead atoms. The summed E-state index contributed by atoms with van der Waals surface area (Å²) in [5.74, 6) is 0.0707. The van der Waals surface area contributed by atoms with Crippen molar-refractivity contribution in [3.8, 4) is 0 Å². The van der Waals surface area contributed by atoms with Crippen molar-refractivity contribution >= 4 is 16.8 Å². The number of benzene rings is 2. The van der Waals surface area contributed by atoms with Crippen LogP contribution in [-0.2, 0) is 13.6 Å². The van der Waals surface area contributed by atoms with Crippen molar-refractivity contribution in [2.45, 2.75) is 56.8 Å². The van der Waals surface area contributed by atoms with E-state index in [9.17, 15) is 4.79 Å². The molecule has 150 valence electrons. The van der Waals surface area contributed by atoms with E-state index in [0.29, 0.717) is 12.1 Å². The van der Waals surface area contributed by atoms with E-state index >= 15 is 0 Å². The first kappa shape index (κ1) is 18.4. The van der Waals surface area contributed by atoms with Crippen LogP contribution in [0.5, 0.6) is 0 Å². The molecule has 0 aliphatic carbocycles. The lowest BCUT2D eigenvalue weighted by molar-refractivity contribution is 0.0177. The molecule has 0 saturated carbocycles. The molecule has 1 aromatic heterocycles. The third-order valence-electron chi connectivity index (χ3n) is 6.81. The largest absolute Gasteiger partial charge is 0.350 e. The van der Waals surface area contributed by atoms with Gasteiger partial charge in [0.2, 0.25) is 0 Å². The molecule has 2 aliphatic rings. The second-order valence-corrected chi connectivity index (χ2v) is 8.71. The summed E-state index contributed by atoms with van der Waals surface area (Å²) in [5, 5.41) is 4.41. The predicted molar refractivity (Wildman–Crippen MR) is 117 cm³/mol. The smallest absolute Gasteiger partial charge is 0.253 e. The number of piperidine rings is 2. The standard InChI is InChI=1S/C25H29N3O/c1-27-17-23(22-12-5-6-13-24(22)27)25(29)26-19-14-20-10-7-11-21(15-19)28(20)16-18-8-3-2-4-9-18/h2-6,8-9,12-13,17,19-21H,7,10-11,14-16H2,1H3,(H,26,29)/t19?,20-,21+. The Labute approximate surface area is 172 Å². The first-order valence-corrected chi connectivity index (χ1v) is 10.8. The average Bonchev–Trinajstić information content (AvgIpc) is 3.06. The first-order valence-electron chi connectivity index (χ1n) is 10.8. The molecule has 0 spiro atoms. The van der Waals surface area contributed by atoms with Crippen LogP contribution in [0, 0.1) is 0 Å². The Balaban J connectivity index is 1.30. The number of aromatic nitrogens is 1. The SMILES string of the molecule is Cn1cc(C(=O)NC2C[C@H]3CCC[C@@H](C2)N3Cc2ccccc2)c2ccccc21. The van der Waals surface area contributed by atoms with Crippen molar-refractivity contribution in [2.75, 3.05) is 0 Å². The Kier molecular flexibility index (Phi) is 4.88. The number of aryl methyl sites for hydroxylation is 1. The molecule has 2 fully saturated rings. The Morgan fingerprint density at radius 2 is 1.69 bits per heavy atom. The molecule has 1 N–H and O–H groups in total. The van der Waals surface area contributed by atoms with Gasteiger partial charge in [0.15, 0.2) is 0 Å². The fourth-order valence-electron chi connectivity index (χ4n) is 5.43. The summed E-state index contributed by atoms with van der Waals surface area (Å²) in [7, 11) is 2.01. The zero-order chi connectivity index (χ0) is 19.8. The number of fused-ring (bicyclic) bond motifs is 3. The van der Waals surface area contributed by atoms with Crippen molar-refractivity contribution in [1.29, 1.82) is 0 Å². The van der Waals surface area contributed by atoms with Gasteiger partial charge >= 0.3 is 0 Å². The molecule has 29 heavy (non-hydrogen) atoms. The quantitative estimate of drug-likeness (QED) is 0.716. The van der Waals surface area contributed by atoms with Gasteiger partial charge in [0, 0.05) is 48.8 Å². The van der Waals surface area contributed by atoms with Crippen LogP contribution in [0.3, 0.4) is 0 Å². The molecule has 2 saturated heterocycles. The van der Waals surface area contributed by atoms with Gasteiger partial charge in [-0.05, 0) is 37.3 Å². The molecule has 2 aliphatic heterocycles. The van der Waals surface area contributed by atoms with Gasteiger partial charge in [0.25, 0.3) is 5.91 Å². The van der Waals surface area contributed by atoms with Gasteiger partial charge in [0.1, 0.15) is 0 Å². The van der Waals surface area contributed by atoms with Crippen molar-refractivity contribution in [3.05, 3.63) is 71.9 Å². The van der Waals surface area contributed by atoms with Crippen molar-refractivity contribution in [3.63, 3.8) is 0 Å². The normalized spacial score (nSPS) is 24.5. The average molecular weight is 388 g/mol. The van der Waals surface area contributed by atoms with Gasteiger partial charge in [-0.3, -0.25) is 9.69 Å². The molecular weight excluding hydrogens is 358 g/mol. The van der Waals surface area contributed by atoms with Gasteiger partial charge in [-0.25, -0.2) is 0 Å². The summed E-state index contributed by atoms with van der Waals surface area (Å²) in [5.41, 5.74) is 3.29. The molecule has 3 atom stereocenters. The highest BCUT2D eigenvalue weighted by Crippen LogP contribution is 2.35. The summed E-state index contributed by atoms with van der Waals surface area (Å²) < 4.78 is 2.04. The number of nitrogens with one attached hydrogen (secondary N) is 1. The van der Waals surface area contributed by atoms with Crippen LogP contribution in [0.2, 0.25) is 0 Å². The molecular formula is C25H29N3O. The zero-order valence-electron chi connectivity index (χ0n) is 17.1. The van der Waals surface area contributed by atoms with Crippen LogP contribution in [0.1, 0.15) is 48.0 Å². The summed E-state index contributed by atoms with van der Waals surface area (Å²) in [6.07, 6.45) is 7.86. The molecule has 4 nitrogen and oxygen atoms in total. The Hall–Kier alpha value is -2.59. The van der Waals surface area contributed by atoms with Gasteiger partial charge in [-0.2, -0.15) is 0 Å². The van der Waals surface area contributed by atoms with Crippen molar-refractivity contribution < 1.29 is 4.79 Å². The lowest BCUT2D eigenvalue weighted by Gasteiger charge is -2.49. The lowest BCUT2D eigenvalue weighted by atomic mass is 9.81. The Bertz CT molecular complexity index is 995. The molecule has 0 radical (unpaired) electrons. The van der Waals surface area contributed by atoms with Gasteiger partial charge in [-0.1, -0.05) is 55.0 Å². The third-order valence-corrected chi connectivity index (χ3v) is 6.81. The minimum Gasteiger partial charge on any atom is -0.350 e. The second-order valence-electron chi connectivity index (χ2n) is 8.71. The van der Waals surface area contributed by atoms with E-state index in [-0.39, 0.29) is 11.9 Å². The van der Waals surface area contributed by atoms with E-state index < -0.39 is 0 Å². The molecule has 3 heterocycles. The van der Waals surface area contributed by atoms with Crippen molar-refractivity contribution in [1.82, 2.24) is 14.8 Å². The third kappa shape index (κ3) is 3.58. The topological polar surface area (TPSA) is 37.3 Å². The second kappa shape index (κ2) is 7.68.